The van der Waals surface area contributed by atoms with Crippen LogP contribution in [0.3, 0.4) is 0 Å². The van der Waals surface area contributed by atoms with Gasteiger partial charge in [0.15, 0.2) is 0 Å². The van der Waals surface area contributed by atoms with Gasteiger partial charge in [0.2, 0.25) is 0 Å². The Bertz CT molecular complexity index is 6450. The predicted molar refractivity (Wildman–Crippen MR) is 417 cm³/mol. The number of rotatable bonds is 7. The summed E-state index contributed by atoms with van der Waals surface area (Å²) in [5.74, 6) is 0.665. The summed E-state index contributed by atoms with van der Waals surface area (Å²) in [7, 11) is 0.758. The van der Waals surface area contributed by atoms with Gasteiger partial charge in [0.25, 0.3) is 0 Å². The van der Waals surface area contributed by atoms with Gasteiger partial charge in [-0.05, 0) is 184 Å². The fourth-order valence-electron chi connectivity index (χ4n) is 15.0. The Morgan fingerprint density at radius 1 is 0.235 bits per heavy atom. The first-order chi connectivity index (χ1) is 48.5. The second kappa shape index (κ2) is 24.6. The van der Waals surface area contributed by atoms with Crippen molar-refractivity contribution in [3.8, 4) is 61.4 Å². The van der Waals surface area contributed by atoms with Crippen LogP contribution in [0.2, 0.25) is 0 Å². The lowest BCUT2D eigenvalue weighted by molar-refractivity contribution is 0.459. The minimum Gasteiger partial charge on any atom is -0.537 e. The first-order valence-electron chi connectivity index (χ1n) is 33.0. The van der Waals surface area contributed by atoms with Crippen LogP contribution in [0.4, 0.5) is 0 Å². The molecule has 1 N–H and O–H groups in total. The average molecular weight is 1320 g/mol. The van der Waals surface area contributed by atoms with Crippen molar-refractivity contribution in [2.45, 2.75) is 0 Å². The van der Waals surface area contributed by atoms with E-state index in [0.29, 0.717) is 5.75 Å². The smallest absolute Gasteiger partial charge is 0.537 e. The lowest BCUT2D eigenvalue weighted by atomic mass is 9.83. The van der Waals surface area contributed by atoms with E-state index in [0.717, 1.165) is 88.9 Å². The van der Waals surface area contributed by atoms with Gasteiger partial charge >= 0.3 is 7.69 Å². The Labute approximate surface area is 573 Å². The quantitative estimate of drug-likeness (QED) is 0.128. The van der Waals surface area contributed by atoms with Crippen molar-refractivity contribution in [2.75, 3.05) is 0 Å². The lowest BCUT2D eigenvalue weighted by Gasteiger charge is -2.19. The van der Waals surface area contributed by atoms with Crippen molar-refractivity contribution in [1.29, 1.82) is 0 Å². The average Bonchev–Trinajstić information content (AvgIpc) is 1.33. The van der Waals surface area contributed by atoms with Gasteiger partial charge in [-0.3, -0.25) is 0 Å². The van der Waals surface area contributed by atoms with Crippen LogP contribution >= 0.6 is 15.9 Å². The van der Waals surface area contributed by atoms with E-state index in [9.17, 15) is 5.02 Å². The third kappa shape index (κ3) is 10.1. The van der Waals surface area contributed by atoms with E-state index in [2.05, 4.69) is 295 Å². The maximum Gasteiger partial charge on any atom is 0.569 e. The molecule has 0 aliphatic carbocycles. The maximum absolute atomic E-state index is 9.42. The summed E-state index contributed by atoms with van der Waals surface area (Å²) in [6.45, 7) is 0. The van der Waals surface area contributed by atoms with Crippen LogP contribution in [0.15, 0.2) is 353 Å². The minimum atomic E-state index is 0.665. The van der Waals surface area contributed by atoms with Gasteiger partial charge in [0.1, 0.15) is 28.1 Å². The zero-order chi connectivity index (χ0) is 65.2. The van der Waals surface area contributed by atoms with Gasteiger partial charge in [-0.1, -0.05) is 291 Å². The molecule has 2 aromatic heterocycles. The molecule has 0 unspecified atom stereocenters. The molecule has 1 radical (unpaired) electrons. The predicted octanol–water partition coefficient (Wildman–Crippen LogP) is 26.1. The molecular formula is C92H57BBrO4. The summed E-state index contributed by atoms with van der Waals surface area (Å²) in [6, 6.07) is 120. The topological polar surface area (TPSA) is 55.7 Å². The first kappa shape index (κ1) is 58.5. The molecule has 20 rings (SSSR count). The Morgan fingerprint density at radius 3 is 1.05 bits per heavy atom. The number of hydrogen-bond acceptors (Lipinski definition) is 4. The van der Waals surface area contributed by atoms with Crippen molar-refractivity contribution in [1.82, 2.24) is 0 Å². The van der Waals surface area contributed by atoms with E-state index in [-0.39, 0.29) is 0 Å². The zero-order valence-corrected chi connectivity index (χ0v) is 54.5. The van der Waals surface area contributed by atoms with E-state index in [1.54, 1.807) is 0 Å². The Kier molecular flexibility index (Phi) is 14.7. The number of benzene rings is 18. The summed E-state index contributed by atoms with van der Waals surface area (Å²) < 4.78 is 19.3. The van der Waals surface area contributed by atoms with Gasteiger partial charge in [-0.2, -0.15) is 0 Å². The van der Waals surface area contributed by atoms with Gasteiger partial charge in [0.05, 0.1) is 4.47 Å². The van der Waals surface area contributed by atoms with Crippen molar-refractivity contribution < 1.29 is 18.5 Å². The fraction of sp³-hybridized carbons (Fsp3) is 0. The highest BCUT2D eigenvalue weighted by molar-refractivity contribution is 9.10. The fourth-order valence-corrected chi connectivity index (χ4v) is 15.6. The molecule has 459 valence electrons. The van der Waals surface area contributed by atoms with Crippen LogP contribution < -0.4 is 4.65 Å². The Hall–Kier alpha value is -12.1. The number of furan rings is 2. The molecule has 18 aromatic carbocycles. The third-order valence-electron chi connectivity index (χ3n) is 19.4. The van der Waals surface area contributed by atoms with E-state index >= 15 is 0 Å². The molecule has 0 spiro atoms. The van der Waals surface area contributed by atoms with Crippen LogP contribution in [-0.2, 0) is 0 Å². The molecule has 20 aromatic rings. The third-order valence-corrected chi connectivity index (χ3v) is 20.2. The largest absolute Gasteiger partial charge is 0.569 e. The van der Waals surface area contributed by atoms with Gasteiger partial charge in [0, 0.05) is 43.4 Å². The van der Waals surface area contributed by atoms with Gasteiger partial charge in [-0.25, -0.2) is 0 Å². The van der Waals surface area contributed by atoms with E-state index in [1.165, 1.54) is 109 Å². The SMILES string of the molecule is Brc1c2ccccc2cc2c1oc1ccccc12.O[B]Oc1c2ccccc2c(-c2cccc(-c3ccc4ccccc4c3)c2)c2ccccc12.c1cc(-c2ccc3ccccc3c2)cc(-c2c3ccccc3c(-c3c4ccccc4cc4c3oc3ccccc34)c3ccccc23)c1. The van der Waals surface area contributed by atoms with Crippen LogP contribution in [-0.4, -0.2) is 12.7 Å². The first-order valence-corrected chi connectivity index (χ1v) is 33.8. The van der Waals surface area contributed by atoms with Gasteiger partial charge < -0.3 is 18.5 Å². The maximum atomic E-state index is 9.42. The molecule has 0 amide bonds. The standard InChI is InChI=1S/C46H28O.C30H20BO2.C16H9BrO/c1-2-13-30-26-32(25-24-29(30)12-1)31-15-11-16-34(27-31)43-37-19-5-7-21-39(37)44(40-22-8-6-20-38(40)43)45-35-17-4-3-14-33(35)28-41-36-18-9-10-23-42(36)47-46(41)45;32-31-33-30-27-14-5-3-12-25(27)29(26-13-4-6-15-28(26)30)24-11-7-10-22(19-24)23-17-16-20-8-1-2-9-21(20)18-23;17-15-11-6-2-1-5-10(11)9-13-12-7-3-4-8-14(12)18-16(13)15/h1-28H;1-19,32H;1-9H. The van der Waals surface area contributed by atoms with Crippen LogP contribution in [0.5, 0.6) is 5.75 Å². The zero-order valence-electron chi connectivity index (χ0n) is 53.0. The number of para-hydroxylation sites is 2. The van der Waals surface area contributed by atoms with Crippen LogP contribution in [0, 0.1) is 0 Å². The molecule has 0 aliphatic rings. The van der Waals surface area contributed by atoms with Crippen molar-refractivity contribution in [3.05, 3.63) is 344 Å². The monoisotopic (exact) mass is 1320 g/mol. The van der Waals surface area contributed by atoms with Crippen LogP contribution in [0.1, 0.15) is 0 Å². The molecule has 4 nitrogen and oxygen atoms in total. The number of halogens is 1. The highest BCUT2D eigenvalue weighted by Gasteiger charge is 2.24. The summed E-state index contributed by atoms with van der Waals surface area (Å²) in [5.41, 5.74) is 15.6. The minimum absolute atomic E-state index is 0.665. The highest BCUT2D eigenvalue weighted by Crippen LogP contribution is 2.50. The molecule has 6 heteroatoms. The summed E-state index contributed by atoms with van der Waals surface area (Å²) in [4.78, 5) is 0. The molecule has 0 atom stereocenters. The molecule has 0 bridgehead atoms. The van der Waals surface area contributed by atoms with E-state index in [4.69, 9.17) is 13.5 Å². The second-order valence-corrected chi connectivity index (χ2v) is 25.8. The van der Waals surface area contributed by atoms with Crippen molar-refractivity contribution in [2.24, 2.45) is 0 Å². The van der Waals surface area contributed by atoms with Crippen LogP contribution in [0.25, 0.3) is 186 Å². The molecule has 98 heavy (non-hydrogen) atoms. The molecule has 0 aliphatic heterocycles. The molecule has 0 fully saturated rings. The lowest BCUT2D eigenvalue weighted by Crippen LogP contribution is -2.02. The van der Waals surface area contributed by atoms with Crippen molar-refractivity contribution in [3.63, 3.8) is 0 Å². The second-order valence-electron chi connectivity index (χ2n) is 25.0. The Balaban J connectivity index is 0.000000118. The van der Waals surface area contributed by atoms with E-state index in [1.807, 2.05) is 60.7 Å². The van der Waals surface area contributed by atoms with Crippen molar-refractivity contribution >= 4 is 154 Å². The Morgan fingerprint density at radius 2 is 0.571 bits per heavy atom. The molecule has 0 saturated heterocycles. The molecule has 2 heterocycles. The van der Waals surface area contributed by atoms with Gasteiger partial charge in [-0.15, -0.1) is 0 Å². The molecular weight excluding hydrogens is 1260 g/mol. The summed E-state index contributed by atoms with van der Waals surface area (Å²) in [6.07, 6.45) is 0. The van der Waals surface area contributed by atoms with E-state index < -0.39 is 0 Å². The summed E-state index contributed by atoms with van der Waals surface area (Å²) >= 11 is 3.67. The molecule has 0 saturated carbocycles. The summed E-state index contributed by atoms with van der Waals surface area (Å²) in [5, 5.41) is 32.8. The highest BCUT2D eigenvalue weighted by atomic mass is 79.9. The number of hydrogen-bond donors (Lipinski definition) is 1. The number of fused-ring (bicyclic) bond motifs is 14. The normalized spacial score (nSPS) is 11.6.